The number of aromatic hydroxyl groups is 1. The van der Waals surface area contributed by atoms with E-state index >= 15 is 0 Å². The number of hydrogen-bond donors (Lipinski definition) is 1. The topological polar surface area (TPSA) is 55.8 Å². The highest BCUT2D eigenvalue weighted by Gasteiger charge is 2.14. The number of phenolic OH excluding ortho intramolecular Hbond substituents is 1. The van der Waals surface area contributed by atoms with Gasteiger partial charge in [0.05, 0.1) is 18.8 Å². The van der Waals surface area contributed by atoms with E-state index in [0.717, 1.165) is 5.56 Å². The zero-order valence-corrected chi connectivity index (χ0v) is 9.74. The van der Waals surface area contributed by atoms with E-state index in [1.165, 1.54) is 6.92 Å². The quantitative estimate of drug-likeness (QED) is 0.776. The molecule has 0 aliphatic carbocycles. The summed E-state index contributed by atoms with van der Waals surface area (Å²) in [6.07, 6.45) is 0. The second-order valence-corrected chi connectivity index (χ2v) is 3.57. The summed E-state index contributed by atoms with van der Waals surface area (Å²) in [7, 11) is 3.12. The molecule has 0 spiro atoms. The Hall–Kier alpha value is -1.39. The van der Waals surface area contributed by atoms with Crippen LogP contribution in [0.15, 0.2) is 12.1 Å². The second-order valence-electron chi connectivity index (χ2n) is 3.57. The summed E-state index contributed by atoms with van der Waals surface area (Å²) in [5.74, 6) is -0.192. The van der Waals surface area contributed by atoms with Gasteiger partial charge in [0.1, 0.15) is 5.75 Å². The van der Waals surface area contributed by atoms with Crippen LogP contribution in [0.1, 0.15) is 28.4 Å². The van der Waals surface area contributed by atoms with E-state index < -0.39 is 0 Å². The van der Waals surface area contributed by atoms with E-state index in [-0.39, 0.29) is 11.5 Å². The molecule has 0 radical (unpaired) electrons. The molecule has 1 rings (SSSR count). The molecule has 0 heterocycles. The Labute approximate surface area is 94.8 Å². The summed E-state index contributed by atoms with van der Waals surface area (Å²) >= 11 is 0. The summed E-state index contributed by atoms with van der Waals surface area (Å²) in [5, 5.41) is 9.76. The minimum absolute atomic E-state index is 0.0194. The SMILES string of the molecule is COCc1cc(O)c(C(C)=O)c(COC)c1. The number of hydrogen-bond acceptors (Lipinski definition) is 4. The van der Waals surface area contributed by atoms with E-state index in [1.807, 2.05) is 6.07 Å². The lowest BCUT2D eigenvalue weighted by Gasteiger charge is -2.11. The van der Waals surface area contributed by atoms with Crippen molar-refractivity contribution < 1.29 is 19.4 Å². The Bertz CT molecular complexity index is 385. The fourth-order valence-electron chi connectivity index (χ4n) is 1.68. The van der Waals surface area contributed by atoms with Crippen LogP contribution >= 0.6 is 0 Å². The number of benzene rings is 1. The Morgan fingerprint density at radius 1 is 1.25 bits per heavy atom. The summed E-state index contributed by atoms with van der Waals surface area (Å²) < 4.78 is 9.98. The first-order chi connectivity index (χ1) is 7.60. The van der Waals surface area contributed by atoms with Crippen molar-refractivity contribution in [1.82, 2.24) is 0 Å². The van der Waals surface area contributed by atoms with Gasteiger partial charge in [0, 0.05) is 14.2 Å². The van der Waals surface area contributed by atoms with Crippen LogP contribution in [0.4, 0.5) is 0 Å². The highest BCUT2D eigenvalue weighted by atomic mass is 16.5. The van der Waals surface area contributed by atoms with Gasteiger partial charge >= 0.3 is 0 Å². The number of methoxy groups -OCH3 is 2. The van der Waals surface area contributed by atoms with E-state index in [0.29, 0.717) is 24.3 Å². The summed E-state index contributed by atoms with van der Waals surface area (Å²) in [4.78, 5) is 11.4. The van der Waals surface area contributed by atoms with Crippen LogP contribution in [0.25, 0.3) is 0 Å². The van der Waals surface area contributed by atoms with Crippen molar-refractivity contribution in [2.24, 2.45) is 0 Å². The number of carbonyl (C=O) groups excluding carboxylic acids is 1. The lowest BCUT2D eigenvalue weighted by Crippen LogP contribution is -2.03. The van der Waals surface area contributed by atoms with Gasteiger partial charge in [-0.25, -0.2) is 0 Å². The fraction of sp³-hybridized carbons (Fsp3) is 0.417. The normalized spacial score (nSPS) is 10.4. The Kier molecular flexibility index (Phi) is 4.46. The van der Waals surface area contributed by atoms with Crippen molar-refractivity contribution in [3.63, 3.8) is 0 Å². The highest BCUT2D eigenvalue weighted by Crippen LogP contribution is 2.25. The van der Waals surface area contributed by atoms with Crippen molar-refractivity contribution in [3.05, 3.63) is 28.8 Å². The van der Waals surface area contributed by atoms with Crippen LogP contribution in [-0.4, -0.2) is 25.1 Å². The monoisotopic (exact) mass is 224 g/mol. The molecule has 88 valence electrons. The summed E-state index contributed by atoms with van der Waals surface area (Å²) in [6, 6.07) is 3.35. The molecule has 0 saturated heterocycles. The van der Waals surface area contributed by atoms with E-state index in [1.54, 1.807) is 20.3 Å². The molecule has 1 N–H and O–H groups in total. The first-order valence-electron chi connectivity index (χ1n) is 4.93. The molecule has 0 amide bonds. The first kappa shape index (κ1) is 12.7. The first-order valence-corrected chi connectivity index (χ1v) is 4.93. The molecule has 0 unspecified atom stereocenters. The molecule has 1 aromatic rings. The highest BCUT2D eigenvalue weighted by molar-refractivity contribution is 5.98. The standard InChI is InChI=1S/C12H16O4/c1-8(13)12-10(7-16-3)4-9(6-15-2)5-11(12)14/h4-5,14H,6-7H2,1-3H3. The Morgan fingerprint density at radius 3 is 2.38 bits per heavy atom. The van der Waals surface area contributed by atoms with Crippen molar-refractivity contribution in [2.45, 2.75) is 20.1 Å². The van der Waals surface area contributed by atoms with Crippen LogP contribution in [0.3, 0.4) is 0 Å². The maximum absolute atomic E-state index is 11.4. The maximum atomic E-state index is 11.4. The maximum Gasteiger partial charge on any atom is 0.163 e. The molecule has 4 nitrogen and oxygen atoms in total. The van der Waals surface area contributed by atoms with Crippen LogP contribution in [0, 0.1) is 0 Å². The zero-order chi connectivity index (χ0) is 12.1. The number of ketones is 1. The summed E-state index contributed by atoms with van der Waals surface area (Å²) in [6.45, 7) is 2.10. The lowest BCUT2D eigenvalue weighted by atomic mass is 10.0. The second kappa shape index (κ2) is 5.63. The van der Waals surface area contributed by atoms with E-state index in [9.17, 15) is 9.90 Å². The smallest absolute Gasteiger partial charge is 0.163 e. The van der Waals surface area contributed by atoms with E-state index in [4.69, 9.17) is 9.47 Å². The number of phenols is 1. The molecule has 0 aliphatic rings. The van der Waals surface area contributed by atoms with Gasteiger partial charge < -0.3 is 14.6 Å². The van der Waals surface area contributed by atoms with Crippen molar-refractivity contribution in [1.29, 1.82) is 0 Å². The number of carbonyl (C=O) groups is 1. The molecule has 0 saturated carbocycles. The third kappa shape index (κ3) is 2.81. The zero-order valence-electron chi connectivity index (χ0n) is 9.74. The fourth-order valence-corrected chi connectivity index (χ4v) is 1.68. The predicted molar refractivity (Wildman–Crippen MR) is 59.5 cm³/mol. The molecule has 0 aromatic heterocycles. The van der Waals surface area contributed by atoms with Crippen LogP contribution in [0.2, 0.25) is 0 Å². The molecule has 0 aliphatic heterocycles. The van der Waals surface area contributed by atoms with Gasteiger partial charge in [-0.3, -0.25) is 4.79 Å². The molecule has 0 bridgehead atoms. The molecular formula is C12H16O4. The van der Waals surface area contributed by atoms with Crippen molar-refractivity contribution >= 4 is 5.78 Å². The molecule has 4 heteroatoms. The number of rotatable bonds is 5. The minimum atomic E-state index is -0.173. The van der Waals surface area contributed by atoms with Crippen LogP contribution in [-0.2, 0) is 22.7 Å². The lowest BCUT2D eigenvalue weighted by molar-refractivity contribution is 0.100. The van der Waals surface area contributed by atoms with E-state index in [2.05, 4.69) is 0 Å². The Balaban J connectivity index is 3.21. The number of ether oxygens (including phenoxy) is 2. The van der Waals surface area contributed by atoms with Crippen LogP contribution in [0.5, 0.6) is 5.75 Å². The van der Waals surface area contributed by atoms with Crippen LogP contribution < -0.4 is 0 Å². The molecular weight excluding hydrogens is 208 g/mol. The van der Waals surface area contributed by atoms with Crippen molar-refractivity contribution in [3.8, 4) is 5.75 Å². The molecule has 16 heavy (non-hydrogen) atoms. The Morgan fingerprint density at radius 2 is 1.88 bits per heavy atom. The van der Waals surface area contributed by atoms with Crippen molar-refractivity contribution in [2.75, 3.05) is 14.2 Å². The summed E-state index contributed by atoms with van der Waals surface area (Å²) in [5.41, 5.74) is 1.82. The predicted octanol–water partition coefficient (Wildman–Crippen LogP) is 1.89. The third-order valence-electron chi connectivity index (χ3n) is 2.22. The van der Waals surface area contributed by atoms with Gasteiger partial charge in [0.2, 0.25) is 0 Å². The van der Waals surface area contributed by atoms with Gasteiger partial charge in [0.25, 0.3) is 0 Å². The average molecular weight is 224 g/mol. The molecule has 1 aromatic carbocycles. The number of Topliss-reactive ketones (excluding diaryl/α,β-unsaturated/α-hetero) is 1. The average Bonchev–Trinajstić information content (AvgIpc) is 2.17. The largest absolute Gasteiger partial charge is 0.507 e. The molecule has 0 fully saturated rings. The third-order valence-corrected chi connectivity index (χ3v) is 2.22. The van der Waals surface area contributed by atoms with Gasteiger partial charge in [0.15, 0.2) is 5.78 Å². The van der Waals surface area contributed by atoms with Gasteiger partial charge in [-0.2, -0.15) is 0 Å². The molecule has 0 atom stereocenters. The van der Waals surface area contributed by atoms with Gasteiger partial charge in [-0.1, -0.05) is 6.07 Å². The van der Waals surface area contributed by atoms with Gasteiger partial charge in [-0.15, -0.1) is 0 Å². The minimum Gasteiger partial charge on any atom is -0.507 e. The van der Waals surface area contributed by atoms with Gasteiger partial charge in [-0.05, 0) is 24.1 Å².